The normalized spacial score (nSPS) is 14.4. The Kier molecular flexibility index (Phi) is 8.36. The van der Waals surface area contributed by atoms with Gasteiger partial charge < -0.3 is 10.1 Å². The maximum Gasteiger partial charge on any atom is 0.244 e. The van der Waals surface area contributed by atoms with Crippen LogP contribution >= 0.6 is 11.8 Å². The largest absolute Gasteiger partial charge is 0.497 e. The molecule has 1 fully saturated rings. The van der Waals surface area contributed by atoms with Crippen LogP contribution in [-0.2, 0) is 11.3 Å². The van der Waals surface area contributed by atoms with Crippen LogP contribution in [0.5, 0.6) is 5.75 Å². The lowest BCUT2D eigenvalue weighted by molar-refractivity contribution is -0.116. The van der Waals surface area contributed by atoms with Gasteiger partial charge in [0, 0.05) is 17.5 Å². The Hall–Kier alpha value is -3.13. The number of hydrogen-bond donors (Lipinski definition) is 1. The molecule has 6 nitrogen and oxygen atoms in total. The van der Waals surface area contributed by atoms with Gasteiger partial charge in [0.15, 0.2) is 11.0 Å². The highest BCUT2D eigenvalue weighted by Crippen LogP contribution is 2.30. The van der Waals surface area contributed by atoms with Crippen LogP contribution in [0.3, 0.4) is 0 Å². The highest BCUT2D eigenvalue weighted by atomic mass is 32.2. The smallest absolute Gasteiger partial charge is 0.244 e. The Morgan fingerprint density at radius 1 is 1.12 bits per heavy atom. The number of thioether (sulfide) groups is 1. The van der Waals surface area contributed by atoms with Crippen LogP contribution < -0.4 is 10.1 Å². The standard InChI is InChI=1S/C26H29FN4O2S/c1-33-23-14-7-19(8-15-23)9-16-25(32)28-17-24-29-30-26(34-18-20-5-3-2-4-6-20)31(24)22-12-10-21(27)11-13-22/h7-16,20H,2-6,17-18H2,1H3,(H,28,32)/b16-9+. The second kappa shape index (κ2) is 11.8. The van der Waals surface area contributed by atoms with Gasteiger partial charge in [-0.2, -0.15) is 0 Å². The summed E-state index contributed by atoms with van der Waals surface area (Å²) in [5.74, 6) is 2.50. The van der Waals surface area contributed by atoms with Crippen molar-refractivity contribution in [2.45, 2.75) is 43.8 Å². The quantitative estimate of drug-likeness (QED) is 0.327. The maximum atomic E-state index is 13.5. The monoisotopic (exact) mass is 480 g/mol. The number of halogens is 1. The number of ether oxygens (including phenoxy) is 1. The number of aromatic nitrogens is 3. The number of amides is 1. The first-order valence-electron chi connectivity index (χ1n) is 11.6. The van der Waals surface area contributed by atoms with Crippen LogP contribution in [0.1, 0.15) is 43.5 Å². The molecule has 1 saturated carbocycles. The fraction of sp³-hybridized carbons (Fsp3) is 0.346. The summed E-state index contributed by atoms with van der Waals surface area (Å²) in [7, 11) is 1.61. The summed E-state index contributed by atoms with van der Waals surface area (Å²) < 4.78 is 20.6. The van der Waals surface area contributed by atoms with Crippen LogP contribution in [0.25, 0.3) is 11.8 Å². The third-order valence-corrected chi connectivity index (χ3v) is 7.08. The molecule has 1 aliphatic carbocycles. The summed E-state index contributed by atoms with van der Waals surface area (Å²) in [6, 6.07) is 13.7. The minimum atomic E-state index is -0.299. The van der Waals surface area contributed by atoms with Gasteiger partial charge in [-0.05, 0) is 66.8 Å². The molecule has 0 bridgehead atoms. The number of rotatable bonds is 9. The van der Waals surface area contributed by atoms with Crippen LogP contribution in [0.2, 0.25) is 0 Å². The van der Waals surface area contributed by atoms with Gasteiger partial charge in [0.25, 0.3) is 0 Å². The molecular weight excluding hydrogens is 451 g/mol. The summed E-state index contributed by atoms with van der Waals surface area (Å²) in [6.45, 7) is 0.208. The molecule has 0 aliphatic heterocycles. The zero-order valence-corrected chi connectivity index (χ0v) is 20.1. The Labute approximate surface area is 203 Å². The number of nitrogens with one attached hydrogen (secondary N) is 1. The molecule has 0 unspecified atom stereocenters. The van der Waals surface area contributed by atoms with Gasteiger partial charge in [0.1, 0.15) is 11.6 Å². The summed E-state index contributed by atoms with van der Waals surface area (Å²) in [5.41, 5.74) is 1.67. The number of benzene rings is 2. The lowest BCUT2D eigenvalue weighted by atomic mass is 9.91. The summed E-state index contributed by atoms with van der Waals surface area (Å²) in [4.78, 5) is 12.4. The zero-order valence-electron chi connectivity index (χ0n) is 19.2. The van der Waals surface area contributed by atoms with E-state index in [1.807, 2.05) is 28.8 Å². The molecule has 178 valence electrons. The molecule has 1 aliphatic rings. The first-order valence-corrected chi connectivity index (χ1v) is 12.5. The predicted molar refractivity (Wildman–Crippen MR) is 132 cm³/mol. The van der Waals surface area contributed by atoms with E-state index in [1.165, 1.54) is 50.3 Å². The Bertz CT molecular complexity index is 1110. The van der Waals surface area contributed by atoms with Gasteiger partial charge in [-0.25, -0.2) is 4.39 Å². The van der Waals surface area contributed by atoms with Crippen LogP contribution in [0.4, 0.5) is 4.39 Å². The topological polar surface area (TPSA) is 69.0 Å². The van der Waals surface area contributed by atoms with Crippen LogP contribution in [0, 0.1) is 11.7 Å². The van der Waals surface area contributed by atoms with E-state index in [4.69, 9.17) is 4.74 Å². The molecule has 1 N–H and O–H groups in total. The van der Waals surface area contributed by atoms with Crippen LogP contribution in [0.15, 0.2) is 59.8 Å². The molecule has 4 rings (SSSR count). The molecule has 0 radical (unpaired) electrons. The lowest BCUT2D eigenvalue weighted by Crippen LogP contribution is -2.22. The summed E-state index contributed by atoms with van der Waals surface area (Å²) in [5, 5.41) is 12.4. The molecule has 34 heavy (non-hydrogen) atoms. The molecule has 1 heterocycles. The minimum absolute atomic E-state index is 0.208. The average Bonchev–Trinajstić information content (AvgIpc) is 3.29. The van der Waals surface area contributed by atoms with E-state index in [-0.39, 0.29) is 18.3 Å². The first kappa shape index (κ1) is 24.0. The molecule has 8 heteroatoms. The second-order valence-corrected chi connectivity index (χ2v) is 9.34. The van der Waals surface area contributed by atoms with Gasteiger partial charge in [0.05, 0.1) is 13.7 Å². The number of methoxy groups -OCH3 is 1. The van der Waals surface area contributed by atoms with E-state index in [1.54, 1.807) is 37.1 Å². The van der Waals surface area contributed by atoms with Gasteiger partial charge in [-0.15, -0.1) is 10.2 Å². The highest BCUT2D eigenvalue weighted by Gasteiger charge is 2.19. The van der Waals surface area contributed by atoms with Gasteiger partial charge in [0.2, 0.25) is 5.91 Å². The van der Waals surface area contributed by atoms with Crippen molar-refractivity contribution in [3.05, 3.63) is 71.8 Å². The number of nitrogens with zero attached hydrogens (tertiary/aromatic N) is 3. The number of hydrogen-bond acceptors (Lipinski definition) is 5. The highest BCUT2D eigenvalue weighted by molar-refractivity contribution is 7.99. The maximum absolute atomic E-state index is 13.5. The predicted octanol–water partition coefficient (Wildman–Crippen LogP) is 5.42. The molecule has 0 atom stereocenters. The van der Waals surface area contributed by atoms with Crippen molar-refractivity contribution in [2.24, 2.45) is 5.92 Å². The zero-order chi connectivity index (χ0) is 23.8. The molecule has 0 spiro atoms. The fourth-order valence-electron chi connectivity index (χ4n) is 4.02. The van der Waals surface area contributed by atoms with E-state index in [9.17, 15) is 9.18 Å². The second-order valence-electron chi connectivity index (χ2n) is 8.35. The van der Waals surface area contributed by atoms with Crippen molar-refractivity contribution in [3.8, 4) is 11.4 Å². The minimum Gasteiger partial charge on any atom is -0.497 e. The van der Waals surface area contributed by atoms with Crippen molar-refractivity contribution in [1.82, 2.24) is 20.1 Å². The molecule has 0 saturated heterocycles. The lowest BCUT2D eigenvalue weighted by Gasteiger charge is -2.20. The Morgan fingerprint density at radius 3 is 2.56 bits per heavy atom. The van der Waals surface area contributed by atoms with Gasteiger partial charge >= 0.3 is 0 Å². The van der Waals surface area contributed by atoms with Crippen LogP contribution in [-0.4, -0.2) is 33.5 Å². The number of carbonyl (C=O) groups is 1. The van der Waals surface area contributed by atoms with Crippen molar-refractivity contribution in [3.63, 3.8) is 0 Å². The van der Waals surface area contributed by atoms with Gasteiger partial charge in [-0.3, -0.25) is 9.36 Å². The molecular formula is C26H29FN4O2S. The van der Waals surface area contributed by atoms with Crippen molar-refractivity contribution >= 4 is 23.7 Å². The summed E-state index contributed by atoms with van der Waals surface area (Å²) in [6.07, 6.45) is 9.63. The number of carbonyl (C=O) groups excluding carboxylic acids is 1. The first-order chi connectivity index (χ1) is 16.6. The third kappa shape index (κ3) is 6.47. The van der Waals surface area contributed by atoms with E-state index >= 15 is 0 Å². The van der Waals surface area contributed by atoms with E-state index in [0.717, 1.165) is 27.9 Å². The Morgan fingerprint density at radius 2 is 1.85 bits per heavy atom. The Balaban J connectivity index is 1.44. The van der Waals surface area contributed by atoms with E-state index in [0.29, 0.717) is 11.7 Å². The van der Waals surface area contributed by atoms with Crippen molar-refractivity contribution < 1.29 is 13.9 Å². The van der Waals surface area contributed by atoms with E-state index in [2.05, 4.69) is 15.5 Å². The summed E-state index contributed by atoms with van der Waals surface area (Å²) >= 11 is 1.68. The fourth-order valence-corrected chi connectivity index (χ4v) is 5.17. The average molecular weight is 481 g/mol. The molecule has 3 aromatic rings. The van der Waals surface area contributed by atoms with E-state index < -0.39 is 0 Å². The van der Waals surface area contributed by atoms with Crippen molar-refractivity contribution in [1.29, 1.82) is 0 Å². The SMILES string of the molecule is COc1ccc(/C=C/C(=O)NCc2nnc(SCC3CCCCC3)n2-c2ccc(F)cc2)cc1. The molecule has 1 amide bonds. The third-order valence-electron chi connectivity index (χ3n) is 5.92. The molecule has 1 aromatic heterocycles. The van der Waals surface area contributed by atoms with Gasteiger partial charge in [-0.1, -0.05) is 43.2 Å². The molecule has 2 aromatic carbocycles. The van der Waals surface area contributed by atoms with Crippen molar-refractivity contribution in [2.75, 3.05) is 12.9 Å².